The Morgan fingerprint density at radius 2 is 1.94 bits per heavy atom. The second-order valence-corrected chi connectivity index (χ2v) is 4.25. The zero-order valence-corrected chi connectivity index (χ0v) is 10.0. The van der Waals surface area contributed by atoms with Crippen molar-refractivity contribution in [2.45, 2.75) is 19.3 Å². The highest BCUT2D eigenvalue weighted by atomic mass is 16.2. The molecule has 7 nitrogen and oxygen atoms in total. The van der Waals surface area contributed by atoms with Gasteiger partial charge in [0, 0.05) is 19.5 Å². The fraction of sp³-hybridized carbons (Fsp3) is 0.636. The van der Waals surface area contributed by atoms with Gasteiger partial charge in [0.25, 0.3) is 0 Å². The SMILES string of the molecule is N#CCNC(=O)C(=O)N1CCC(CC(N)=O)CC1. The summed E-state index contributed by atoms with van der Waals surface area (Å²) in [5, 5.41) is 10.5. The highest BCUT2D eigenvalue weighted by molar-refractivity contribution is 6.35. The topological polar surface area (TPSA) is 116 Å². The molecule has 0 unspecified atom stereocenters. The lowest BCUT2D eigenvalue weighted by atomic mass is 9.93. The number of nitriles is 1. The zero-order valence-electron chi connectivity index (χ0n) is 10.0. The van der Waals surface area contributed by atoms with Crippen LogP contribution in [0.15, 0.2) is 0 Å². The van der Waals surface area contributed by atoms with E-state index >= 15 is 0 Å². The summed E-state index contributed by atoms with van der Waals surface area (Å²) in [5.74, 6) is -1.53. The maximum atomic E-state index is 11.6. The fourth-order valence-corrected chi connectivity index (χ4v) is 1.96. The first-order valence-corrected chi connectivity index (χ1v) is 5.77. The van der Waals surface area contributed by atoms with Crippen molar-refractivity contribution in [3.05, 3.63) is 0 Å². The van der Waals surface area contributed by atoms with E-state index in [9.17, 15) is 14.4 Å². The number of hydrogen-bond donors (Lipinski definition) is 2. The number of nitrogens with two attached hydrogens (primary N) is 1. The molecule has 7 heteroatoms. The average Bonchev–Trinajstić information content (AvgIpc) is 2.35. The van der Waals surface area contributed by atoms with Crippen LogP contribution in [-0.2, 0) is 14.4 Å². The number of carbonyl (C=O) groups excluding carboxylic acids is 3. The zero-order chi connectivity index (χ0) is 13.5. The predicted octanol–water partition coefficient (Wildman–Crippen LogP) is -1.26. The summed E-state index contributed by atoms with van der Waals surface area (Å²) in [7, 11) is 0. The van der Waals surface area contributed by atoms with Crippen molar-refractivity contribution >= 4 is 17.7 Å². The van der Waals surface area contributed by atoms with Crippen molar-refractivity contribution < 1.29 is 14.4 Å². The number of amides is 3. The molecule has 1 rings (SSSR count). The molecule has 3 amide bonds. The summed E-state index contributed by atoms with van der Waals surface area (Å²) in [6.07, 6.45) is 1.66. The number of likely N-dealkylation sites (tertiary alicyclic amines) is 1. The van der Waals surface area contributed by atoms with Crippen LogP contribution in [0.1, 0.15) is 19.3 Å². The van der Waals surface area contributed by atoms with Crippen molar-refractivity contribution in [1.82, 2.24) is 10.2 Å². The molecule has 0 bridgehead atoms. The van der Waals surface area contributed by atoms with Crippen molar-refractivity contribution in [2.75, 3.05) is 19.6 Å². The molecule has 0 radical (unpaired) electrons. The van der Waals surface area contributed by atoms with E-state index in [1.54, 1.807) is 6.07 Å². The van der Waals surface area contributed by atoms with Crippen molar-refractivity contribution in [1.29, 1.82) is 5.26 Å². The molecule has 0 atom stereocenters. The Kier molecular flexibility index (Phi) is 5.11. The second kappa shape index (κ2) is 6.59. The van der Waals surface area contributed by atoms with E-state index in [-0.39, 0.29) is 18.4 Å². The van der Waals surface area contributed by atoms with Gasteiger partial charge in [-0.05, 0) is 18.8 Å². The Morgan fingerprint density at radius 1 is 1.33 bits per heavy atom. The van der Waals surface area contributed by atoms with Crippen LogP contribution < -0.4 is 11.1 Å². The highest BCUT2D eigenvalue weighted by Crippen LogP contribution is 2.20. The molecule has 98 valence electrons. The predicted molar refractivity (Wildman–Crippen MR) is 61.7 cm³/mol. The van der Waals surface area contributed by atoms with Crippen LogP contribution in [0.2, 0.25) is 0 Å². The monoisotopic (exact) mass is 252 g/mol. The van der Waals surface area contributed by atoms with Gasteiger partial charge in [-0.15, -0.1) is 0 Å². The maximum Gasteiger partial charge on any atom is 0.311 e. The van der Waals surface area contributed by atoms with E-state index in [2.05, 4.69) is 5.32 Å². The van der Waals surface area contributed by atoms with E-state index < -0.39 is 11.8 Å². The first-order chi connectivity index (χ1) is 8.54. The molecule has 0 saturated carbocycles. The lowest BCUT2D eigenvalue weighted by Gasteiger charge is -2.30. The molecule has 0 aromatic rings. The van der Waals surface area contributed by atoms with Gasteiger partial charge in [-0.2, -0.15) is 5.26 Å². The van der Waals surface area contributed by atoms with Crippen LogP contribution in [0.4, 0.5) is 0 Å². The lowest BCUT2D eigenvalue weighted by molar-refractivity contribution is -0.146. The number of carbonyl (C=O) groups is 3. The van der Waals surface area contributed by atoms with Gasteiger partial charge in [0.05, 0.1) is 6.07 Å². The molecule has 1 fully saturated rings. The first-order valence-electron chi connectivity index (χ1n) is 5.77. The minimum Gasteiger partial charge on any atom is -0.370 e. The van der Waals surface area contributed by atoms with Crippen LogP contribution in [0.5, 0.6) is 0 Å². The summed E-state index contributed by atoms with van der Waals surface area (Å²) in [6, 6.07) is 1.73. The van der Waals surface area contributed by atoms with Gasteiger partial charge in [-0.3, -0.25) is 14.4 Å². The number of nitrogens with one attached hydrogen (secondary N) is 1. The van der Waals surface area contributed by atoms with Gasteiger partial charge in [-0.25, -0.2) is 0 Å². The first kappa shape index (κ1) is 14.0. The molecular weight excluding hydrogens is 236 g/mol. The summed E-state index contributed by atoms with van der Waals surface area (Å²) in [4.78, 5) is 35.2. The summed E-state index contributed by atoms with van der Waals surface area (Å²) < 4.78 is 0. The number of piperidine rings is 1. The molecule has 0 spiro atoms. The van der Waals surface area contributed by atoms with Gasteiger partial charge < -0.3 is 16.0 Å². The van der Waals surface area contributed by atoms with Gasteiger partial charge in [-0.1, -0.05) is 0 Å². The molecule has 18 heavy (non-hydrogen) atoms. The summed E-state index contributed by atoms with van der Waals surface area (Å²) in [6.45, 7) is 0.705. The second-order valence-electron chi connectivity index (χ2n) is 4.25. The minimum atomic E-state index is -0.759. The third kappa shape index (κ3) is 4.05. The Balaban J connectivity index is 2.38. The third-order valence-corrected chi connectivity index (χ3v) is 2.91. The largest absolute Gasteiger partial charge is 0.370 e. The van der Waals surface area contributed by atoms with Crippen LogP contribution in [0.25, 0.3) is 0 Å². The lowest BCUT2D eigenvalue weighted by Crippen LogP contribution is -2.46. The Hall–Kier alpha value is -2.10. The Bertz CT molecular complexity index is 380. The van der Waals surface area contributed by atoms with E-state index in [0.29, 0.717) is 32.4 Å². The molecular formula is C11H16N4O3. The molecule has 1 heterocycles. The molecule has 0 aromatic carbocycles. The highest BCUT2D eigenvalue weighted by Gasteiger charge is 2.27. The number of primary amides is 1. The smallest absolute Gasteiger partial charge is 0.311 e. The third-order valence-electron chi connectivity index (χ3n) is 2.91. The summed E-state index contributed by atoms with van der Waals surface area (Å²) >= 11 is 0. The fourth-order valence-electron chi connectivity index (χ4n) is 1.96. The molecule has 0 aromatic heterocycles. The van der Waals surface area contributed by atoms with Crippen LogP contribution >= 0.6 is 0 Å². The quantitative estimate of drug-likeness (QED) is 0.481. The maximum absolute atomic E-state index is 11.6. The summed E-state index contributed by atoms with van der Waals surface area (Å²) in [5.41, 5.74) is 5.11. The van der Waals surface area contributed by atoms with Gasteiger partial charge in [0.1, 0.15) is 6.54 Å². The van der Waals surface area contributed by atoms with Crippen LogP contribution in [0, 0.1) is 17.2 Å². The van der Waals surface area contributed by atoms with Gasteiger partial charge in [0.2, 0.25) is 5.91 Å². The van der Waals surface area contributed by atoms with Crippen LogP contribution in [0.3, 0.4) is 0 Å². The standard InChI is InChI=1S/C11H16N4O3/c12-3-4-14-10(17)11(18)15-5-1-8(2-6-15)7-9(13)16/h8H,1-2,4-7H2,(H2,13,16)(H,14,17). The molecule has 3 N–H and O–H groups in total. The molecule has 1 aliphatic heterocycles. The Morgan fingerprint density at radius 3 is 2.44 bits per heavy atom. The Labute approximate surface area is 105 Å². The van der Waals surface area contributed by atoms with E-state index in [1.807, 2.05) is 0 Å². The molecule has 1 aliphatic rings. The molecule has 1 saturated heterocycles. The normalized spacial score (nSPS) is 15.8. The van der Waals surface area contributed by atoms with Gasteiger partial charge >= 0.3 is 11.8 Å². The van der Waals surface area contributed by atoms with Gasteiger partial charge in [0.15, 0.2) is 0 Å². The van der Waals surface area contributed by atoms with E-state index in [0.717, 1.165) is 0 Å². The molecule has 0 aliphatic carbocycles. The van der Waals surface area contributed by atoms with E-state index in [1.165, 1.54) is 4.90 Å². The van der Waals surface area contributed by atoms with Crippen LogP contribution in [-0.4, -0.2) is 42.3 Å². The van der Waals surface area contributed by atoms with Crippen molar-refractivity contribution in [3.63, 3.8) is 0 Å². The van der Waals surface area contributed by atoms with Crippen molar-refractivity contribution in [3.8, 4) is 6.07 Å². The number of hydrogen-bond acceptors (Lipinski definition) is 4. The van der Waals surface area contributed by atoms with E-state index in [4.69, 9.17) is 11.0 Å². The average molecular weight is 252 g/mol. The number of rotatable bonds is 3. The van der Waals surface area contributed by atoms with Crippen molar-refractivity contribution in [2.24, 2.45) is 11.7 Å². The minimum absolute atomic E-state index is 0.178. The number of nitrogens with zero attached hydrogens (tertiary/aromatic N) is 2.